The van der Waals surface area contributed by atoms with Gasteiger partial charge in [0.25, 0.3) is 0 Å². The van der Waals surface area contributed by atoms with Crippen LogP contribution in [0.1, 0.15) is 97.8 Å². The molecule has 0 aliphatic rings. The summed E-state index contributed by atoms with van der Waals surface area (Å²) in [5, 5.41) is 3.06. The zero-order valence-corrected chi connectivity index (χ0v) is 16.2. The van der Waals surface area contributed by atoms with Crippen molar-refractivity contribution in [1.29, 1.82) is 0 Å². The predicted molar refractivity (Wildman–Crippen MR) is 102 cm³/mol. The van der Waals surface area contributed by atoms with Gasteiger partial charge in [0.05, 0.1) is 0 Å². The number of nitrogens with zero attached hydrogens (tertiary/aromatic N) is 1. The molecule has 0 radical (unpaired) electrons. The molecular formula is C20H42N2O. The topological polar surface area (TPSA) is 32.3 Å². The molecule has 0 atom stereocenters. The van der Waals surface area contributed by atoms with E-state index in [-0.39, 0.29) is 5.91 Å². The number of hydrogen-bond donors (Lipinski definition) is 1. The van der Waals surface area contributed by atoms with E-state index in [1.807, 2.05) is 0 Å². The maximum absolute atomic E-state index is 11.7. The van der Waals surface area contributed by atoms with Crippen LogP contribution in [0.2, 0.25) is 0 Å². The van der Waals surface area contributed by atoms with E-state index >= 15 is 0 Å². The molecule has 1 amide bonds. The summed E-state index contributed by atoms with van der Waals surface area (Å²) in [5.74, 6) is 0.246. The van der Waals surface area contributed by atoms with Crippen LogP contribution >= 0.6 is 0 Å². The van der Waals surface area contributed by atoms with E-state index in [0.29, 0.717) is 6.42 Å². The fourth-order valence-corrected chi connectivity index (χ4v) is 2.91. The van der Waals surface area contributed by atoms with Crippen molar-refractivity contribution in [3.05, 3.63) is 0 Å². The van der Waals surface area contributed by atoms with Crippen molar-refractivity contribution in [3.63, 3.8) is 0 Å². The third kappa shape index (κ3) is 16.1. The number of carbonyl (C=O) groups excluding carboxylic acids is 1. The highest BCUT2D eigenvalue weighted by Gasteiger charge is 2.02. The van der Waals surface area contributed by atoms with Gasteiger partial charge < -0.3 is 10.2 Å². The first-order valence-corrected chi connectivity index (χ1v) is 10.2. The van der Waals surface area contributed by atoms with Crippen LogP contribution in [0.3, 0.4) is 0 Å². The molecule has 0 aromatic rings. The second-order valence-corrected chi connectivity index (χ2v) is 6.66. The number of carbonyl (C=O) groups is 1. The first-order valence-electron chi connectivity index (χ1n) is 10.2. The van der Waals surface area contributed by atoms with Gasteiger partial charge in [0.15, 0.2) is 0 Å². The maximum atomic E-state index is 11.7. The Kier molecular flexibility index (Phi) is 17.3. The van der Waals surface area contributed by atoms with E-state index in [1.54, 1.807) is 0 Å². The van der Waals surface area contributed by atoms with Crippen LogP contribution in [0.4, 0.5) is 0 Å². The highest BCUT2D eigenvalue weighted by Crippen LogP contribution is 2.10. The van der Waals surface area contributed by atoms with Crippen LogP contribution in [0.25, 0.3) is 0 Å². The van der Waals surface area contributed by atoms with E-state index in [4.69, 9.17) is 0 Å². The molecule has 1 N–H and O–H groups in total. The van der Waals surface area contributed by atoms with Crippen LogP contribution in [-0.4, -0.2) is 37.0 Å². The maximum Gasteiger partial charge on any atom is 0.219 e. The highest BCUT2D eigenvalue weighted by atomic mass is 16.1. The van der Waals surface area contributed by atoms with E-state index in [1.165, 1.54) is 57.8 Å². The van der Waals surface area contributed by atoms with Gasteiger partial charge in [0, 0.05) is 13.0 Å². The van der Waals surface area contributed by atoms with Crippen LogP contribution in [-0.2, 0) is 4.79 Å². The minimum absolute atomic E-state index is 0.246. The molecule has 0 rings (SSSR count). The molecule has 3 heteroatoms. The molecule has 0 saturated carbocycles. The van der Waals surface area contributed by atoms with Gasteiger partial charge in [-0.05, 0) is 38.9 Å². The van der Waals surface area contributed by atoms with Crippen LogP contribution < -0.4 is 5.32 Å². The fraction of sp³-hybridized carbons (Fsp3) is 0.950. The average molecular weight is 327 g/mol. The molecule has 0 spiro atoms. The predicted octanol–water partition coefficient (Wildman–Crippen LogP) is 5.15. The Bertz CT molecular complexity index is 252. The summed E-state index contributed by atoms with van der Waals surface area (Å²) in [6.07, 6.45) is 14.8. The Labute approximate surface area is 145 Å². The normalized spacial score (nSPS) is 11.1. The first kappa shape index (κ1) is 22.4. The SMILES string of the molecule is CCCCCCCCCCCC(=O)NCCCCN(CC)CC. The third-order valence-corrected chi connectivity index (χ3v) is 4.63. The number of hydrogen-bond acceptors (Lipinski definition) is 2. The number of nitrogens with one attached hydrogen (secondary N) is 1. The molecule has 0 fully saturated rings. The molecule has 0 aromatic heterocycles. The Morgan fingerprint density at radius 3 is 1.87 bits per heavy atom. The van der Waals surface area contributed by atoms with Crippen LogP contribution in [0.15, 0.2) is 0 Å². The second-order valence-electron chi connectivity index (χ2n) is 6.66. The zero-order chi connectivity index (χ0) is 17.2. The fourth-order valence-electron chi connectivity index (χ4n) is 2.91. The Morgan fingerprint density at radius 2 is 1.30 bits per heavy atom. The Balaban J connectivity index is 3.25. The lowest BCUT2D eigenvalue weighted by atomic mass is 10.1. The van der Waals surface area contributed by atoms with Gasteiger partial charge in [0.2, 0.25) is 5.91 Å². The standard InChI is InChI=1S/C20H42N2O/c1-4-7-8-9-10-11-12-13-14-17-20(23)21-18-15-16-19-22(5-2)6-3/h4-19H2,1-3H3,(H,21,23). The summed E-state index contributed by atoms with van der Waals surface area (Å²) in [5.41, 5.74) is 0. The smallest absolute Gasteiger partial charge is 0.219 e. The first-order chi connectivity index (χ1) is 11.2. The van der Waals surface area contributed by atoms with Crippen molar-refractivity contribution in [1.82, 2.24) is 10.2 Å². The summed E-state index contributed by atoms with van der Waals surface area (Å²) < 4.78 is 0. The second kappa shape index (κ2) is 17.8. The van der Waals surface area contributed by atoms with E-state index < -0.39 is 0 Å². The van der Waals surface area contributed by atoms with Crippen molar-refractivity contribution < 1.29 is 4.79 Å². The number of unbranched alkanes of at least 4 members (excludes halogenated alkanes) is 9. The van der Waals surface area contributed by atoms with E-state index in [2.05, 4.69) is 31.0 Å². The summed E-state index contributed by atoms with van der Waals surface area (Å²) in [6, 6.07) is 0. The number of rotatable bonds is 17. The van der Waals surface area contributed by atoms with E-state index in [9.17, 15) is 4.79 Å². The molecule has 0 heterocycles. The molecule has 0 aliphatic heterocycles. The molecule has 0 aliphatic carbocycles. The van der Waals surface area contributed by atoms with Crippen LogP contribution in [0.5, 0.6) is 0 Å². The largest absolute Gasteiger partial charge is 0.356 e. The molecule has 0 saturated heterocycles. The lowest BCUT2D eigenvalue weighted by Crippen LogP contribution is -2.27. The third-order valence-electron chi connectivity index (χ3n) is 4.63. The van der Waals surface area contributed by atoms with Gasteiger partial charge >= 0.3 is 0 Å². The zero-order valence-electron chi connectivity index (χ0n) is 16.2. The van der Waals surface area contributed by atoms with Crippen molar-refractivity contribution in [2.45, 2.75) is 97.8 Å². The molecular weight excluding hydrogens is 284 g/mol. The molecule has 0 bridgehead atoms. The average Bonchev–Trinajstić information content (AvgIpc) is 2.56. The van der Waals surface area contributed by atoms with Crippen molar-refractivity contribution in [2.24, 2.45) is 0 Å². The molecule has 0 aromatic carbocycles. The summed E-state index contributed by atoms with van der Waals surface area (Å²) in [6.45, 7) is 10.9. The molecule has 3 nitrogen and oxygen atoms in total. The minimum Gasteiger partial charge on any atom is -0.356 e. The van der Waals surface area contributed by atoms with Crippen molar-refractivity contribution in [3.8, 4) is 0 Å². The quantitative estimate of drug-likeness (QED) is 0.375. The van der Waals surface area contributed by atoms with E-state index in [0.717, 1.165) is 39.0 Å². The lowest BCUT2D eigenvalue weighted by Gasteiger charge is -2.17. The van der Waals surface area contributed by atoms with Gasteiger partial charge in [-0.3, -0.25) is 4.79 Å². The summed E-state index contributed by atoms with van der Waals surface area (Å²) in [4.78, 5) is 14.2. The Morgan fingerprint density at radius 1 is 0.739 bits per heavy atom. The van der Waals surface area contributed by atoms with Gasteiger partial charge in [-0.1, -0.05) is 72.1 Å². The van der Waals surface area contributed by atoms with Crippen molar-refractivity contribution >= 4 is 5.91 Å². The van der Waals surface area contributed by atoms with Gasteiger partial charge in [-0.25, -0.2) is 0 Å². The molecule has 0 unspecified atom stereocenters. The summed E-state index contributed by atoms with van der Waals surface area (Å²) in [7, 11) is 0. The van der Waals surface area contributed by atoms with Crippen molar-refractivity contribution in [2.75, 3.05) is 26.2 Å². The summed E-state index contributed by atoms with van der Waals surface area (Å²) >= 11 is 0. The number of amides is 1. The molecule has 138 valence electrons. The van der Waals surface area contributed by atoms with Gasteiger partial charge in [-0.15, -0.1) is 0 Å². The van der Waals surface area contributed by atoms with Gasteiger partial charge in [-0.2, -0.15) is 0 Å². The molecule has 23 heavy (non-hydrogen) atoms. The lowest BCUT2D eigenvalue weighted by molar-refractivity contribution is -0.121. The monoisotopic (exact) mass is 326 g/mol. The van der Waals surface area contributed by atoms with Crippen LogP contribution in [0, 0.1) is 0 Å². The Hall–Kier alpha value is -0.570. The minimum atomic E-state index is 0.246. The highest BCUT2D eigenvalue weighted by molar-refractivity contribution is 5.75. The van der Waals surface area contributed by atoms with Gasteiger partial charge in [0.1, 0.15) is 0 Å².